The quantitative estimate of drug-likeness (QED) is 0.777. The maximum Gasteiger partial charge on any atom is 0.332 e. The van der Waals surface area contributed by atoms with E-state index >= 15 is 0 Å². The van der Waals surface area contributed by atoms with Gasteiger partial charge in [0.05, 0.1) is 10.7 Å². The second-order valence-electron chi connectivity index (χ2n) is 6.53. The number of halogens is 1. The highest BCUT2D eigenvalue weighted by Crippen LogP contribution is 2.35. The van der Waals surface area contributed by atoms with Gasteiger partial charge in [-0.2, -0.15) is 0 Å². The molecule has 4 amide bonds. The number of hydrogen-bond acceptors (Lipinski definition) is 5. The van der Waals surface area contributed by atoms with Crippen molar-refractivity contribution in [3.05, 3.63) is 35.0 Å². The van der Waals surface area contributed by atoms with Crippen LogP contribution < -0.4 is 15.5 Å². The molecule has 0 bridgehead atoms. The van der Waals surface area contributed by atoms with Gasteiger partial charge < -0.3 is 15.5 Å². The molecule has 2 N–H and O–H groups in total. The van der Waals surface area contributed by atoms with Crippen LogP contribution in [-0.4, -0.2) is 48.2 Å². The van der Waals surface area contributed by atoms with Crippen LogP contribution in [0.5, 0.6) is 0 Å². The van der Waals surface area contributed by atoms with E-state index in [0.29, 0.717) is 36.7 Å². The SMILES string of the molecule is O=C(Nc1ccc(N2C(=O)C3CCCCN3C2=O)c(Cl)c1)C1=CC=NCN1. The molecule has 3 aliphatic heterocycles. The van der Waals surface area contributed by atoms with Gasteiger partial charge in [0.1, 0.15) is 18.4 Å². The largest absolute Gasteiger partial charge is 0.362 e. The maximum atomic E-state index is 12.7. The number of aliphatic imine (C=N–C) groups is 1. The van der Waals surface area contributed by atoms with Crippen molar-refractivity contribution in [3.63, 3.8) is 0 Å². The van der Waals surface area contributed by atoms with E-state index < -0.39 is 6.04 Å². The molecule has 3 heterocycles. The third-order valence-electron chi connectivity index (χ3n) is 4.84. The van der Waals surface area contributed by atoms with E-state index in [1.54, 1.807) is 29.3 Å². The van der Waals surface area contributed by atoms with Gasteiger partial charge in [-0.3, -0.25) is 14.6 Å². The lowest BCUT2D eigenvalue weighted by Gasteiger charge is -2.26. The summed E-state index contributed by atoms with van der Waals surface area (Å²) in [5, 5.41) is 5.82. The van der Waals surface area contributed by atoms with Crippen LogP contribution in [0.25, 0.3) is 0 Å². The zero-order chi connectivity index (χ0) is 19.0. The van der Waals surface area contributed by atoms with Gasteiger partial charge in [0.15, 0.2) is 0 Å². The second-order valence-corrected chi connectivity index (χ2v) is 6.94. The Bertz CT molecular complexity index is 858. The first kappa shape index (κ1) is 17.5. The fraction of sp³-hybridized carbons (Fsp3) is 0.333. The van der Waals surface area contributed by atoms with E-state index in [2.05, 4.69) is 15.6 Å². The van der Waals surface area contributed by atoms with Gasteiger partial charge in [-0.25, -0.2) is 9.69 Å². The number of piperidine rings is 1. The number of anilines is 2. The minimum atomic E-state index is -0.396. The first-order valence-electron chi connectivity index (χ1n) is 8.76. The summed E-state index contributed by atoms with van der Waals surface area (Å²) in [6, 6.07) is 4.00. The van der Waals surface area contributed by atoms with Gasteiger partial charge in [-0.05, 0) is 43.5 Å². The number of nitrogens with one attached hydrogen (secondary N) is 2. The number of hydrogen-bond donors (Lipinski definition) is 2. The van der Waals surface area contributed by atoms with E-state index in [1.165, 1.54) is 6.07 Å². The minimum absolute atomic E-state index is 0.224. The van der Waals surface area contributed by atoms with Crippen molar-refractivity contribution in [1.29, 1.82) is 0 Å². The van der Waals surface area contributed by atoms with Crippen molar-refractivity contribution in [2.24, 2.45) is 4.99 Å². The minimum Gasteiger partial charge on any atom is -0.362 e. The molecule has 4 rings (SSSR count). The number of carbonyl (C=O) groups is 3. The highest BCUT2D eigenvalue weighted by atomic mass is 35.5. The Morgan fingerprint density at radius 3 is 2.85 bits per heavy atom. The molecule has 140 valence electrons. The van der Waals surface area contributed by atoms with Crippen LogP contribution in [0, 0.1) is 0 Å². The van der Waals surface area contributed by atoms with Crippen molar-refractivity contribution in [1.82, 2.24) is 10.2 Å². The second kappa shape index (κ2) is 7.03. The van der Waals surface area contributed by atoms with Gasteiger partial charge in [0.2, 0.25) is 0 Å². The molecule has 1 unspecified atom stereocenters. The zero-order valence-electron chi connectivity index (χ0n) is 14.4. The average molecular weight is 388 g/mol. The predicted molar refractivity (Wildman–Crippen MR) is 102 cm³/mol. The molecule has 0 saturated carbocycles. The van der Waals surface area contributed by atoms with Gasteiger partial charge in [0.25, 0.3) is 11.8 Å². The van der Waals surface area contributed by atoms with E-state index in [9.17, 15) is 14.4 Å². The van der Waals surface area contributed by atoms with Crippen molar-refractivity contribution in [2.45, 2.75) is 25.3 Å². The van der Waals surface area contributed by atoms with E-state index in [4.69, 9.17) is 11.6 Å². The van der Waals surface area contributed by atoms with E-state index in [1.807, 2.05) is 0 Å². The third kappa shape index (κ3) is 3.16. The average Bonchev–Trinajstić information content (AvgIpc) is 2.94. The number of fused-ring (bicyclic) bond motifs is 1. The summed E-state index contributed by atoms with van der Waals surface area (Å²) >= 11 is 6.34. The summed E-state index contributed by atoms with van der Waals surface area (Å²) < 4.78 is 0. The molecule has 27 heavy (non-hydrogen) atoms. The zero-order valence-corrected chi connectivity index (χ0v) is 15.2. The number of nitrogens with zero attached hydrogens (tertiary/aromatic N) is 3. The summed E-state index contributed by atoms with van der Waals surface area (Å²) in [4.78, 5) is 44.2. The highest BCUT2D eigenvalue weighted by molar-refractivity contribution is 6.36. The van der Waals surface area contributed by atoms with E-state index in [-0.39, 0.29) is 22.9 Å². The van der Waals surface area contributed by atoms with Crippen LogP contribution in [0.1, 0.15) is 19.3 Å². The summed E-state index contributed by atoms with van der Waals surface area (Å²) in [5.74, 6) is -0.565. The number of amides is 4. The smallest absolute Gasteiger partial charge is 0.332 e. The van der Waals surface area contributed by atoms with Crippen molar-refractivity contribution >= 4 is 47.0 Å². The van der Waals surface area contributed by atoms with Crippen molar-refractivity contribution in [2.75, 3.05) is 23.4 Å². The number of rotatable bonds is 3. The monoisotopic (exact) mass is 387 g/mol. The number of allylic oxidation sites excluding steroid dienone is 1. The number of benzene rings is 1. The molecule has 0 spiro atoms. The lowest BCUT2D eigenvalue weighted by molar-refractivity contribution is -0.120. The van der Waals surface area contributed by atoms with Gasteiger partial charge >= 0.3 is 6.03 Å². The summed E-state index contributed by atoms with van der Waals surface area (Å²) in [7, 11) is 0. The first-order valence-corrected chi connectivity index (χ1v) is 9.13. The summed E-state index contributed by atoms with van der Waals surface area (Å²) in [6.45, 7) is 0.929. The fourth-order valence-corrected chi connectivity index (χ4v) is 3.77. The molecule has 2 saturated heterocycles. The normalized spacial score (nSPS) is 21.7. The topological polar surface area (TPSA) is 94.1 Å². The van der Waals surface area contributed by atoms with Crippen LogP contribution in [-0.2, 0) is 9.59 Å². The highest BCUT2D eigenvalue weighted by Gasteiger charge is 2.47. The van der Waals surface area contributed by atoms with Crippen LogP contribution >= 0.6 is 11.6 Å². The molecular formula is C18H18ClN5O3. The third-order valence-corrected chi connectivity index (χ3v) is 5.15. The molecule has 0 aromatic heterocycles. The molecule has 2 fully saturated rings. The predicted octanol–water partition coefficient (Wildman–Crippen LogP) is 2.12. The van der Waals surface area contributed by atoms with Crippen molar-refractivity contribution in [3.8, 4) is 0 Å². The molecule has 0 radical (unpaired) electrons. The van der Waals surface area contributed by atoms with Gasteiger partial charge in [-0.1, -0.05) is 11.6 Å². The van der Waals surface area contributed by atoms with E-state index in [0.717, 1.165) is 17.7 Å². The van der Waals surface area contributed by atoms with Crippen LogP contribution in [0.3, 0.4) is 0 Å². The Morgan fingerprint density at radius 2 is 2.15 bits per heavy atom. The summed E-state index contributed by atoms with van der Waals surface area (Å²) in [6.07, 6.45) is 5.64. The number of imide groups is 1. The summed E-state index contributed by atoms with van der Waals surface area (Å²) in [5.41, 5.74) is 1.20. The lowest BCUT2D eigenvalue weighted by Crippen LogP contribution is -2.39. The Balaban J connectivity index is 1.54. The molecule has 1 aromatic rings. The molecule has 1 aromatic carbocycles. The molecular weight excluding hydrogens is 370 g/mol. The molecule has 8 nitrogen and oxygen atoms in total. The molecule has 1 atom stereocenters. The Kier molecular flexibility index (Phi) is 4.57. The molecule has 0 aliphatic carbocycles. The Hall–Kier alpha value is -2.87. The number of carbonyl (C=O) groups excluding carboxylic acids is 3. The standard InChI is InChI=1S/C18H18ClN5O3/c19-12-9-11(22-16(25)13-6-7-20-10-21-13)4-5-14(12)24-17(26)15-3-1-2-8-23(15)18(24)27/h4-7,9,15,21H,1-3,8,10H2,(H,22,25). The fourth-order valence-electron chi connectivity index (χ4n) is 3.50. The number of urea groups is 1. The maximum absolute atomic E-state index is 12.7. The van der Waals surface area contributed by atoms with Crippen LogP contribution in [0.15, 0.2) is 35.0 Å². The Morgan fingerprint density at radius 1 is 1.30 bits per heavy atom. The molecule has 3 aliphatic rings. The Labute approximate surface area is 160 Å². The van der Waals surface area contributed by atoms with Crippen LogP contribution in [0.4, 0.5) is 16.2 Å². The van der Waals surface area contributed by atoms with Crippen LogP contribution in [0.2, 0.25) is 5.02 Å². The van der Waals surface area contributed by atoms with Gasteiger partial charge in [0, 0.05) is 18.4 Å². The van der Waals surface area contributed by atoms with Gasteiger partial charge in [-0.15, -0.1) is 0 Å². The first-order chi connectivity index (χ1) is 13.1. The lowest BCUT2D eigenvalue weighted by atomic mass is 10.0. The molecule has 9 heteroatoms. The van der Waals surface area contributed by atoms with Crippen molar-refractivity contribution < 1.29 is 14.4 Å².